The first kappa shape index (κ1) is 20.1. The summed E-state index contributed by atoms with van der Waals surface area (Å²) in [7, 11) is 0. The van der Waals surface area contributed by atoms with E-state index in [1.807, 2.05) is 24.3 Å². The maximum absolute atomic E-state index is 9.55. The Balaban J connectivity index is 1.50. The zero-order valence-corrected chi connectivity index (χ0v) is 17.9. The van der Waals surface area contributed by atoms with Crippen molar-refractivity contribution in [2.75, 3.05) is 18.0 Å². The summed E-state index contributed by atoms with van der Waals surface area (Å²) in [4.78, 5) is 6.50. The molecule has 6 nitrogen and oxygen atoms in total. The number of nitrogens with zero attached hydrogens (tertiary/aromatic N) is 3. The maximum atomic E-state index is 9.55. The van der Waals surface area contributed by atoms with Crippen molar-refractivity contribution in [2.24, 2.45) is 11.8 Å². The Morgan fingerprint density at radius 3 is 2.57 bits per heavy atom. The van der Waals surface area contributed by atoms with Gasteiger partial charge in [0, 0.05) is 13.1 Å². The lowest BCUT2D eigenvalue weighted by atomic mass is 9.92. The second kappa shape index (κ2) is 8.27. The summed E-state index contributed by atoms with van der Waals surface area (Å²) in [5, 5.41) is 9.55. The van der Waals surface area contributed by atoms with E-state index >= 15 is 0 Å². The highest BCUT2D eigenvalue weighted by Gasteiger charge is 2.28. The summed E-state index contributed by atoms with van der Waals surface area (Å²) in [5.74, 6) is 3.92. The highest BCUT2D eigenvalue weighted by molar-refractivity contribution is 5.56. The predicted molar refractivity (Wildman–Crippen MR) is 114 cm³/mol. The van der Waals surface area contributed by atoms with E-state index in [1.54, 1.807) is 6.07 Å². The summed E-state index contributed by atoms with van der Waals surface area (Å²) in [6.07, 6.45) is 1.18. The van der Waals surface area contributed by atoms with Crippen LogP contribution in [0.2, 0.25) is 0 Å². The number of aromatic nitrogens is 1. The molecule has 0 amide bonds. The first-order chi connectivity index (χ1) is 14.4. The fourth-order valence-corrected chi connectivity index (χ4v) is 4.06. The number of nitriles is 1. The Kier molecular flexibility index (Phi) is 5.54. The van der Waals surface area contributed by atoms with E-state index in [-0.39, 0.29) is 0 Å². The molecule has 6 heteroatoms. The molecule has 0 spiro atoms. The molecule has 3 aromatic rings. The van der Waals surface area contributed by atoms with Crippen LogP contribution in [0.15, 0.2) is 39.2 Å². The average molecular weight is 405 g/mol. The third-order valence-electron chi connectivity index (χ3n) is 5.60. The van der Waals surface area contributed by atoms with Crippen LogP contribution in [0.5, 0.6) is 5.75 Å². The van der Waals surface area contributed by atoms with Crippen molar-refractivity contribution in [3.63, 3.8) is 0 Å². The smallest absolute Gasteiger partial charge is 0.266 e. The number of benzene rings is 1. The summed E-state index contributed by atoms with van der Waals surface area (Å²) in [5.41, 5.74) is 2.72. The van der Waals surface area contributed by atoms with Gasteiger partial charge in [0.2, 0.25) is 11.6 Å². The Labute approximate surface area is 177 Å². The van der Waals surface area contributed by atoms with Gasteiger partial charge in [0.05, 0.1) is 0 Å². The van der Waals surface area contributed by atoms with Crippen molar-refractivity contribution >= 4 is 5.88 Å². The summed E-state index contributed by atoms with van der Waals surface area (Å²) in [6, 6.07) is 11.8. The molecule has 4 rings (SSSR count). The van der Waals surface area contributed by atoms with Gasteiger partial charge in [-0.25, -0.2) is 0 Å². The maximum Gasteiger partial charge on any atom is 0.266 e. The van der Waals surface area contributed by atoms with Gasteiger partial charge in [0.1, 0.15) is 24.2 Å². The molecule has 0 N–H and O–H groups in total. The van der Waals surface area contributed by atoms with E-state index in [2.05, 4.69) is 43.6 Å². The summed E-state index contributed by atoms with van der Waals surface area (Å²) < 4.78 is 17.7. The first-order valence-electron chi connectivity index (χ1n) is 10.4. The number of piperidine rings is 1. The molecule has 1 aromatic carbocycles. The van der Waals surface area contributed by atoms with Crippen molar-refractivity contribution in [2.45, 2.75) is 40.7 Å². The van der Waals surface area contributed by atoms with Crippen LogP contribution < -0.4 is 9.64 Å². The largest absolute Gasteiger partial charge is 0.486 e. The van der Waals surface area contributed by atoms with E-state index in [0.717, 1.165) is 18.8 Å². The van der Waals surface area contributed by atoms with Crippen LogP contribution in [0.4, 0.5) is 5.88 Å². The van der Waals surface area contributed by atoms with Gasteiger partial charge < -0.3 is 18.5 Å². The Hall–Kier alpha value is -3.20. The standard InChI is InChI=1S/C24H27N3O3/c1-15-9-16(2)13-27(12-15)24-21(11-25)26-23(30-24)22-8-7-20(29-22)14-28-19-6-5-17(3)18(4)10-19/h5-8,10,15-16H,9,12-14H2,1-4H3/t15-,16+. The van der Waals surface area contributed by atoms with Gasteiger partial charge >= 0.3 is 0 Å². The molecule has 1 aliphatic heterocycles. The Morgan fingerprint density at radius 1 is 1.10 bits per heavy atom. The molecule has 1 saturated heterocycles. The minimum atomic E-state index is 0.302. The van der Waals surface area contributed by atoms with Crippen LogP contribution in [0, 0.1) is 37.0 Å². The highest BCUT2D eigenvalue weighted by atomic mass is 16.5. The third kappa shape index (κ3) is 4.20. The lowest BCUT2D eigenvalue weighted by molar-refractivity contribution is 0.271. The van der Waals surface area contributed by atoms with E-state index in [0.29, 0.717) is 47.4 Å². The molecule has 3 heterocycles. The molecule has 2 atom stereocenters. The number of anilines is 1. The molecular weight excluding hydrogens is 378 g/mol. The minimum Gasteiger partial charge on any atom is -0.486 e. The highest BCUT2D eigenvalue weighted by Crippen LogP contribution is 2.33. The van der Waals surface area contributed by atoms with Gasteiger partial charge in [-0.05, 0) is 67.5 Å². The van der Waals surface area contributed by atoms with Gasteiger partial charge in [-0.1, -0.05) is 19.9 Å². The predicted octanol–water partition coefficient (Wildman–Crippen LogP) is 5.48. The van der Waals surface area contributed by atoms with E-state index in [1.165, 1.54) is 17.5 Å². The molecule has 0 saturated carbocycles. The number of oxazole rings is 1. The number of hydrogen-bond acceptors (Lipinski definition) is 6. The molecule has 30 heavy (non-hydrogen) atoms. The van der Waals surface area contributed by atoms with Crippen LogP contribution in [-0.4, -0.2) is 18.1 Å². The molecule has 1 fully saturated rings. The quantitative estimate of drug-likeness (QED) is 0.559. The zero-order chi connectivity index (χ0) is 21.3. The Bertz CT molecular complexity index is 1070. The number of ether oxygens (including phenoxy) is 1. The van der Waals surface area contributed by atoms with Crippen LogP contribution in [0.25, 0.3) is 11.7 Å². The third-order valence-corrected chi connectivity index (χ3v) is 5.60. The van der Waals surface area contributed by atoms with Crippen LogP contribution >= 0.6 is 0 Å². The average Bonchev–Trinajstić information content (AvgIpc) is 3.35. The minimum absolute atomic E-state index is 0.302. The fourth-order valence-electron chi connectivity index (χ4n) is 4.06. The molecular formula is C24H27N3O3. The van der Waals surface area contributed by atoms with E-state index in [4.69, 9.17) is 13.6 Å². The van der Waals surface area contributed by atoms with Gasteiger partial charge in [0.25, 0.3) is 5.89 Å². The van der Waals surface area contributed by atoms with Crippen molar-refractivity contribution in [3.8, 4) is 23.5 Å². The van der Waals surface area contributed by atoms with Gasteiger partial charge in [-0.15, -0.1) is 0 Å². The summed E-state index contributed by atoms with van der Waals surface area (Å²) in [6.45, 7) is 10.6. The van der Waals surface area contributed by atoms with Crippen molar-refractivity contribution in [3.05, 3.63) is 52.9 Å². The number of aryl methyl sites for hydroxylation is 2. The number of hydrogen-bond donors (Lipinski definition) is 0. The van der Waals surface area contributed by atoms with Crippen molar-refractivity contribution in [1.82, 2.24) is 4.98 Å². The van der Waals surface area contributed by atoms with Crippen LogP contribution in [-0.2, 0) is 6.61 Å². The molecule has 0 unspecified atom stereocenters. The zero-order valence-electron chi connectivity index (χ0n) is 17.9. The molecule has 0 bridgehead atoms. The molecule has 1 aliphatic rings. The number of rotatable bonds is 5. The van der Waals surface area contributed by atoms with Gasteiger partial charge in [-0.3, -0.25) is 0 Å². The van der Waals surface area contributed by atoms with E-state index in [9.17, 15) is 5.26 Å². The monoisotopic (exact) mass is 405 g/mol. The second-order valence-electron chi connectivity index (χ2n) is 8.44. The lowest BCUT2D eigenvalue weighted by Gasteiger charge is -2.34. The van der Waals surface area contributed by atoms with Crippen molar-refractivity contribution in [1.29, 1.82) is 5.26 Å². The first-order valence-corrected chi connectivity index (χ1v) is 10.4. The Morgan fingerprint density at radius 2 is 1.87 bits per heavy atom. The van der Waals surface area contributed by atoms with Gasteiger partial charge in [-0.2, -0.15) is 10.2 Å². The van der Waals surface area contributed by atoms with Gasteiger partial charge in [0.15, 0.2) is 5.76 Å². The fraction of sp³-hybridized carbons (Fsp3) is 0.417. The lowest BCUT2D eigenvalue weighted by Crippen LogP contribution is -2.38. The van der Waals surface area contributed by atoms with Crippen molar-refractivity contribution < 1.29 is 13.6 Å². The number of furan rings is 1. The van der Waals surface area contributed by atoms with E-state index < -0.39 is 0 Å². The SMILES string of the molecule is Cc1ccc(OCc2ccc(-c3nc(C#N)c(N4C[C@H](C)C[C@H](C)C4)o3)o2)cc1C. The summed E-state index contributed by atoms with van der Waals surface area (Å²) >= 11 is 0. The molecule has 2 aromatic heterocycles. The normalized spacial score (nSPS) is 19.0. The second-order valence-corrected chi connectivity index (χ2v) is 8.44. The molecule has 0 radical (unpaired) electrons. The van der Waals surface area contributed by atoms with Crippen LogP contribution in [0.1, 0.15) is 42.8 Å². The molecule has 156 valence electrons. The molecule has 0 aliphatic carbocycles. The van der Waals surface area contributed by atoms with Crippen LogP contribution in [0.3, 0.4) is 0 Å². The topological polar surface area (TPSA) is 75.4 Å².